The van der Waals surface area contributed by atoms with Gasteiger partial charge in [0.05, 0.1) is 13.1 Å². The molecule has 5 heteroatoms. The Balaban J connectivity index is 1.67. The van der Waals surface area contributed by atoms with Gasteiger partial charge in [-0.05, 0) is 49.8 Å². The summed E-state index contributed by atoms with van der Waals surface area (Å²) in [5, 5.41) is 0. The number of aryl methyl sites for hydroxylation is 1. The van der Waals surface area contributed by atoms with E-state index in [0.29, 0.717) is 32.0 Å². The molecule has 0 saturated heterocycles. The highest BCUT2D eigenvalue weighted by atomic mass is 16.3. The lowest BCUT2D eigenvalue weighted by Gasteiger charge is -2.27. The Bertz CT molecular complexity index is 780. The summed E-state index contributed by atoms with van der Waals surface area (Å²) < 4.78 is 5.69. The number of nitrogens with zero attached hydrogens (tertiary/aromatic N) is 2. The van der Waals surface area contributed by atoms with E-state index in [-0.39, 0.29) is 18.4 Å². The molecule has 1 aromatic heterocycles. The average Bonchev–Trinajstić information content (AvgIpc) is 3.43. The van der Waals surface area contributed by atoms with Gasteiger partial charge < -0.3 is 14.2 Å². The molecule has 0 atom stereocenters. The summed E-state index contributed by atoms with van der Waals surface area (Å²) in [5.74, 6) is 2.20. The minimum absolute atomic E-state index is 0.0209. The molecule has 0 radical (unpaired) electrons. The summed E-state index contributed by atoms with van der Waals surface area (Å²) >= 11 is 0. The van der Waals surface area contributed by atoms with Gasteiger partial charge in [-0.1, -0.05) is 37.3 Å². The molecular formula is C23H30N2O3. The summed E-state index contributed by atoms with van der Waals surface area (Å²) in [4.78, 5) is 29.0. The molecule has 1 aliphatic rings. The van der Waals surface area contributed by atoms with Crippen molar-refractivity contribution in [1.82, 2.24) is 9.80 Å². The van der Waals surface area contributed by atoms with Crippen molar-refractivity contribution in [2.24, 2.45) is 5.92 Å². The number of rotatable bonds is 10. The van der Waals surface area contributed by atoms with Crippen molar-refractivity contribution < 1.29 is 14.0 Å². The van der Waals surface area contributed by atoms with E-state index in [1.165, 1.54) is 5.56 Å². The highest BCUT2D eigenvalue weighted by Gasteiger charge is 2.28. The second-order valence-corrected chi connectivity index (χ2v) is 7.63. The highest BCUT2D eigenvalue weighted by Crippen LogP contribution is 2.30. The fourth-order valence-corrected chi connectivity index (χ4v) is 3.31. The number of hydrogen-bond donors (Lipinski definition) is 0. The van der Waals surface area contributed by atoms with E-state index < -0.39 is 0 Å². The first-order valence-electron chi connectivity index (χ1n) is 10.2. The molecule has 2 amide bonds. The molecule has 1 aliphatic carbocycles. The predicted molar refractivity (Wildman–Crippen MR) is 109 cm³/mol. The van der Waals surface area contributed by atoms with Gasteiger partial charge in [-0.2, -0.15) is 0 Å². The molecule has 1 heterocycles. The third kappa shape index (κ3) is 5.98. The van der Waals surface area contributed by atoms with Gasteiger partial charge in [0.15, 0.2) is 0 Å². The van der Waals surface area contributed by atoms with Crippen LogP contribution in [0.25, 0.3) is 0 Å². The summed E-state index contributed by atoms with van der Waals surface area (Å²) in [5.41, 5.74) is 1.19. The Hall–Kier alpha value is -2.56. The molecule has 0 bridgehead atoms. The second kappa shape index (κ2) is 9.58. The molecule has 3 rings (SSSR count). The molecule has 0 unspecified atom stereocenters. The lowest BCUT2D eigenvalue weighted by atomic mass is 10.1. The van der Waals surface area contributed by atoms with Gasteiger partial charge in [0.25, 0.3) is 0 Å². The van der Waals surface area contributed by atoms with Crippen molar-refractivity contribution in [2.45, 2.75) is 46.1 Å². The van der Waals surface area contributed by atoms with E-state index >= 15 is 0 Å². The van der Waals surface area contributed by atoms with Gasteiger partial charge in [-0.15, -0.1) is 0 Å². The van der Waals surface area contributed by atoms with Gasteiger partial charge in [0.2, 0.25) is 11.8 Å². The topological polar surface area (TPSA) is 53.8 Å². The number of benzene rings is 1. The van der Waals surface area contributed by atoms with Crippen LogP contribution < -0.4 is 0 Å². The van der Waals surface area contributed by atoms with Crippen LogP contribution in [0, 0.1) is 12.8 Å². The first-order valence-corrected chi connectivity index (χ1v) is 10.2. The third-order valence-electron chi connectivity index (χ3n) is 5.17. The monoisotopic (exact) mass is 382 g/mol. The fraction of sp³-hybridized carbons (Fsp3) is 0.478. The molecule has 0 spiro atoms. The van der Waals surface area contributed by atoms with Crippen molar-refractivity contribution in [2.75, 3.05) is 19.6 Å². The quantitative estimate of drug-likeness (QED) is 0.628. The minimum atomic E-state index is -0.0209. The summed E-state index contributed by atoms with van der Waals surface area (Å²) in [6.45, 7) is 5.63. The molecular weight excluding hydrogens is 352 g/mol. The van der Waals surface area contributed by atoms with Crippen LogP contribution in [0.1, 0.15) is 43.3 Å². The van der Waals surface area contributed by atoms with Crippen LogP contribution in [0.2, 0.25) is 0 Å². The molecule has 0 N–H and O–H groups in total. The van der Waals surface area contributed by atoms with Crippen LogP contribution in [0.4, 0.5) is 0 Å². The number of amides is 2. The first-order chi connectivity index (χ1) is 13.5. The maximum atomic E-state index is 13.1. The summed E-state index contributed by atoms with van der Waals surface area (Å²) in [6.07, 6.45) is 3.52. The second-order valence-electron chi connectivity index (χ2n) is 7.63. The van der Waals surface area contributed by atoms with Crippen LogP contribution in [-0.2, 0) is 22.6 Å². The molecule has 1 fully saturated rings. The molecule has 150 valence electrons. The zero-order chi connectivity index (χ0) is 19.9. The smallest absolute Gasteiger partial charge is 0.242 e. The lowest BCUT2D eigenvalue weighted by Crippen LogP contribution is -2.44. The van der Waals surface area contributed by atoms with E-state index in [2.05, 4.69) is 12.1 Å². The SMILES string of the molecule is CCC(=O)N(CC(=O)N(CCc1ccccc1)Cc1ccc(C)o1)CC1CC1. The normalized spacial score (nSPS) is 13.4. The number of carbonyl (C=O) groups is 2. The maximum Gasteiger partial charge on any atom is 0.242 e. The van der Waals surface area contributed by atoms with E-state index in [1.807, 2.05) is 49.1 Å². The van der Waals surface area contributed by atoms with Crippen LogP contribution >= 0.6 is 0 Å². The highest BCUT2D eigenvalue weighted by molar-refractivity contribution is 5.84. The Morgan fingerprint density at radius 1 is 1.04 bits per heavy atom. The molecule has 1 aromatic carbocycles. The Morgan fingerprint density at radius 3 is 2.39 bits per heavy atom. The number of carbonyl (C=O) groups excluding carboxylic acids is 2. The fourth-order valence-electron chi connectivity index (χ4n) is 3.31. The Kier molecular flexibility index (Phi) is 6.90. The zero-order valence-electron chi connectivity index (χ0n) is 16.9. The first kappa shape index (κ1) is 20.2. The molecule has 2 aromatic rings. The lowest BCUT2D eigenvalue weighted by molar-refractivity contribution is -0.141. The van der Waals surface area contributed by atoms with Crippen molar-refractivity contribution >= 4 is 11.8 Å². The van der Waals surface area contributed by atoms with E-state index in [4.69, 9.17) is 4.42 Å². The maximum absolute atomic E-state index is 13.1. The van der Waals surface area contributed by atoms with Gasteiger partial charge in [-0.3, -0.25) is 9.59 Å². The largest absolute Gasteiger partial charge is 0.464 e. The van der Waals surface area contributed by atoms with E-state index in [9.17, 15) is 9.59 Å². The van der Waals surface area contributed by atoms with Crippen LogP contribution in [-0.4, -0.2) is 41.2 Å². The zero-order valence-corrected chi connectivity index (χ0v) is 16.9. The minimum Gasteiger partial charge on any atom is -0.464 e. The van der Waals surface area contributed by atoms with Crippen molar-refractivity contribution in [1.29, 1.82) is 0 Å². The van der Waals surface area contributed by atoms with Crippen molar-refractivity contribution in [3.05, 3.63) is 59.5 Å². The standard InChI is InChI=1S/C23H30N2O3/c1-3-22(26)25(15-20-10-11-20)17-23(27)24(16-21-12-9-18(2)28-21)14-13-19-7-5-4-6-8-19/h4-9,12,20H,3,10-11,13-17H2,1-2H3. The van der Waals surface area contributed by atoms with Crippen molar-refractivity contribution in [3.63, 3.8) is 0 Å². The van der Waals surface area contributed by atoms with E-state index in [0.717, 1.165) is 30.8 Å². The summed E-state index contributed by atoms with van der Waals surface area (Å²) in [6, 6.07) is 14.0. The molecule has 28 heavy (non-hydrogen) atoms. The van der Waals surface area contributed by atoms with Gasteiger partial charge in [-0.25, -0.2) is 0 Å². The van der Waals surface area contributed by atoms with Crippen LogP contribution in [0.15, 0.2) is 46.9 Å². The Labute approximate surface area is 167 Å². The van der Waals surface area contributed by atoms with Crippen LogP contribution in [0.5, 0.6) is 0 Å². The van der Waals surface area contributed by atoms with E-state index in [1.54, 1.807) is 4.90 Å². The Morgan fingerprint density at radius 2 is 1.79 bits per heavy atom. The summed E-state index contributed by atoms with van der Waals surface area (Å²) in [7, 11) is 0. The van der Waals surface area contributed by atoms with Crippen molar-refractivity contribution in [3.8, 4) is 0 Å². The van der Waals surface area contributed by atoms with Gasteiger partial charge in [0.1, 0.15) is 11.5 Å². The number of furan rings is 1. The predicted octanol–water partition coefficient (Wildman–Crippen LogP) is 3.81. The average molecular weight is 383 g/mol. The third-order valence-corrected chi connectivity index (χ3v) is 5.17. The molecule has 5 nitrogen and oxygen atoms in total. The van der Waals surface area contributed by atoms with Crippen LogP contribution in [0.3, 0.4) is 0 Å². The van der Waals surface area contributed by atoms with Gasteiger partial charge >= 0.3 is 0 Å². The van der Waals surface area contributed by atoms with Gasteiger partial charge in [0, 0.05) is 19.5 Å². The number of hydrogen-bond acceptors (Lipinski definition) is 3. The molecule has 0 aliphatic heterocycles. The molecule has 1 saturated carbocycles.